The normalized spacial score (nSPS) is 11.6. The molecule has 3 amide bonds. The molecule has 1 atom stereocenters. The molecule has 134 valence electrons. The molecule has 2 aromatic rings. The van der Waals surface area contributed by atoms with Gasteiger partial charge in [-0.05, 0) is 32.9 Å². The number of benzene rings is 1. The first kappa shape index (κ1) is 18.7. The summed E-state index contributed by atoms with van der Waals surface area (Å²) >= 11 is 1.56. The maximum Gasteiger partial charge on any atom is 0.315 e. The summed E-state index contributed by atoms with van der Waals surface area (Å²) in [6.45, 7) is 6.29. The van der Waals surface area contributed by atoms with Crippen LogP contribution in [0.5, 0.6) is 5.75 Å². The highest BCUT2D eigenvalue weighted by atomic mass is 32.1. The summed E-state index contributed by atoms with van der Waals surface area (Å²) in [5.41, 5.74) is 1.13. The fraction of sp³-hybridized carbons (Fsp3) is 0.353. The second kappa shape index (κ2) is 8.48. The number of urea groups is 1. The van der Waals surface area contributed by atoms with Crippen molar-refractivity contribution >= 4 is 23.3 Å². The number of thiazole rings is 1. The fourth-order valence-corrected chi connectivity index (χ4v) is 3.30. The van der Waals surface area contributed by atoms with E-state index in [1.807, 2.05) is 20.8 Å². The van der Waals surface area contributed by atoms with Gasteiger partial charge >= 0.3 is 6.03 Å². The van der Waals surface area contributed by atoms with E-state index in [0.29, 0.717) is 0 Å². The Morgan fingerprint density at radius 1 is 1.20 bits per heavy atom. The number of carbonyl (C=O) groups is 2. The molecule has 0 radical (unpaired) electrons. The number of aromatic hydroxyl groups is 1. The van der Waals surface area contributed by atoms with Gasteiger partial charge in [-0.25, -0.2) is 9.78 Å². The predicted octanol–water partition coefficient (Wildman–Crippen LogP) is 2.26. The molecular weight excluding hydrogens is 340 g/mol. The van der Waals surface area contributed by atoms with Crippen molar-refractivity contribution in [2.75, 3.05) is 13.1 Å². The van der Waals surface area contributed by atoms with Crippen LogP contribution < -0.4 is 16.0 Å². The van der Waals surface area contributed by atoms with Crippen LogP contribution in [-0.2, 0) is 0 Å². The molecule has 0 saturated carbocycles. The third kappa shape index (κ3) is 5.18. The van der Waals surface area contributed by atoms with Gasteiger partial charge in [-0.3, -0.25) is 4.79 Å². The molecule has 0 aliphatic heterocycles. The van der Waals surface area contributed by atoms with Crippen LogP contribution in [0.2, 0.25) is 0 Å². The molecule has 7 nitrogen and oxygen atoms in total. The highest BCUT2D eigenvalue weighted by Crippen LogP contribution is 2.24. The largest absolute Gasteiger partial charge is 0.507 e. The van der Waals surface area contributed by atoms with Crippen LogP contribution in [0.25, 0.3) is 0 Å². The predicted molar refractivity (Wildman–Crippen MR) is 97.0 cm³/mol. The Balaban J connectivity index is 1.73. The Hall–Kier alpha value is -2.61. The summed E-state index contributed by atoms with van der Waals surface area (Å²) in [7, 11) is 0. The summed E-state index contributed by atoms with van der Waals surface area (Å²) in [6, 6.07) is 5.85. The molecule has 2 rings (SSSR count). The molecule has 1 aromatic heterocycles. The van der Waals surface area contributed by atoms with Gasteiger partial charge in [-0.15, -0.1) is 11.3 Å². The van der Waals surface area contributed by atoms with E-state index in [1.54, 1.807) is 23.5 Å². The van der Waals surface area contributed by atoms with Crippen LogP contribution in [-0.4, -0.2) is 35.1 Å². The molecule has 25 heavy (non-hydrogen) atoms. The third-order valence-corrected chi connectivity index (χ3v) is 4.78. The minimum Gasteiger partial charge on any atom is -0.507 e. The van der Waals surface area contributed by atoms with E-state index >= 15 is 0 Å². The molecule has 0 aliphatic rings. The molecule has 0 fully saturated rings. The number of amides is 3. The summed E-state index contributed by atoms with van der Waals surface area (Å²) in [5.74, 6) is -0.459. The average Bonchev–Trinajstić information content (AvgIpc) is 2.90. The number of hydrogen-bond donors (Lipinski definition) is 4. The van der Waals surface area contributed by atoms with E-state index in [1.165, 1.54) is 12.1 Å². The first-order valence-electron chi connectivity index (χ1n) is 7.93. The van der Waals surface area contributed by atoms with Crippen LogP contribution in [0.3, 0.4) is 0 Å². The van der Waals surface area contributed by atoms with E-state index < -0.39 is 0 Å². The van der Waals surface area contributed by atoms with Crippen molar-refractivity contribution in [2.24, 2.45) is 0 Å². The van der Waals surface area contributed by atoms with Crippen molar-refractivity contribution in [3.05, 3.63) is 45.4 Å². The molecule has 8 heteroatoms. The van der Waals surface area contributed by atoms with Crippen molar-refractivity contribution < 1.29 is 14.7 Å². The zero-order chi connectivity index (χ0) is 18.4. The van der Waals surface area contributed by atoms with Gasteiger partial charge in [0.05, 0.1) is 22.3 Å². The second-order valence-corrected chi connectivity index (χ2v) is 6.81. The summed E-state index contributed by atoms with van der Waals surface area (Å²) in [5, 5.41) is 18.8. The van der Waals surface area contributed by atoms with Crippen LogP contribution in [0, 0.1) is 13.8 Å². The zero-order valence-electron chi connectivity index (χ0n) is 14.4. The number of para-hydroxylation sites is 1. The standard InChI is InChI=1S/C17H22N4O3S/c1-10-15(25-12(3)20-10)11(2)21-17(24)19-9-8-18-16(23)13-6-4-5-7-14(13)22/h4-7,11,22H,8-9H2,1-3H3,(H,18,23)(H2,19,21,24)/t11-/m1/s1. The van der Waals surface area contributed by atoms with E-state index in [4.69, 9.17) is 0 Å². The lowest BCUT2D eigenvalue weighted by atomic mass is 10.2. The lowest BCUT2D eigenvalue weighted by Gasteiger charge is -2.14. The fourth-order valence-electron chi connectivity index (χ4n) is 2.37. The Bertz CT molecular complexity index is 760. The number of aromatic nitrogens is 1. The maximum atomic E-state index is 11.9. The Kier molecular flexibility index (Phi) is 6.35. The minimum absolute atomic E-state index is 0.0743. The van der Waals surface area contributed by atoms with Gasteiger partial charge in [0.2, 0.25) is 0 Å². The molecule has 1 aromatic carbocycles. The van der Waals surface area contributed by atoms with Crippen molar-refractivity contribution in [1.82, 2.24) is 20.9 Å². The first-order chi connectivity index (χ1) is 11.9. The number of phenolic OH excluding ortho intramolecular Hbond substituents is 1. The van der Waals surface area contributed by atoms with Gasteiger partial charge in [0.25, 0.3) is 5.91 Å². The minimum atomic E-state index is -0.385. The SMILES string of the molecule is Cc1nc(C)c([C@@H](C)NC(=O)NCCNC(=O)c2ccccc2O)s1. The monoisotopic (exact) mass is 362 g/mol. The summed E-state index contributed by atoms with van der Waals surface area (Å²) < 4.78 is 0. The highest BCUT2D eigenvalue weighted by molar-refractivity contribution is 7.11. The maximum absolute atomic E-state index is 11.9. The number of carbonyl (C=O) groups excluding carboxylic acids is 2. The Morgan fingerprint density at radius 3 is 2.52 bits per heavy atom. The number of nitrogens with one attached hydrogen (secondary N) is 3. The van der Waals surface area contributed by atoms with Crippen LogP contribution in [0.4, 0.5) is 4.79 Å². The average molecular weight is 362 g/mol. The van der Waals surface area contributed by atoms with E-state index in [9.17, 15) is 14.7 Å². The molecule has 0 spiro atoms. The Morgan fingerprint density at radius 2 is 1.88 bits per heavy atom. The zero-order valence-corrected chi connectivity index (χ0v) is 15.2. The van der Waals surface area contributed by atoms with Gasteiger partial charge in [-0.2, -0.15) is 0 Å². The molecule has 0 unspecified atom stereocenters. The number of aryl methyl sites for hydroxylation is 2. The molecule has 4 N–H and O–H groups in total. The van der Waals surface area contributed by atoms with Gasteiger partial charge in [0, 0.05) is 18.0 Å². The van der Waals surface area contributed by atoms with Gasteiger partial charge in [-0.1, -0.05) is 12.1 Å². The van der Waals surface area contributed by atoms with Gasteiger partial charge in [0.1, 0.15) is 5.75 Å². The topological polar surface area (TPSA) is 103 Å². The van der Waals surface area contributed by atoms with E-state index in [2.05, 4.69) is 20.9 Å². The van der Waals surface area contributed by atoms with Crippen molar-refractivity contribution in [1.29, 1.82) is 0 Å². The van der Waals surface area contributed by atoms with Crippen molar-refractivity contribution in [3.8, 4) is 5.75 Å². The summed E-state index contributed by atoms with van der Waals surface area (Å²) in [6.07, 6.45) is 0. The number of nitrogens with zero attached hydrogens (tertiary/aromatic N) is 1. The highest BCUT2D eigenvalue weighted by Gasteiger charge is 2.15. The van der Waals surface area contributed by atoms with E-state index in [0.717, 1.165) is 15.6 Å². The smallest absolute Gasteiger partial charge is 0.315 e. The quantitative estimate of drug-likeness (QED) is 0.592. The van der Waals surface area contributed by atoms with E-state index in [-0.39, 0.29) is 42.4 Å². The lowest BCUT2D eigenvalue weighted by Crippen LogP contribution is -2.41. The molecule has 0 aliphatic carbocycles. The number of rotatable bonds is 6. The Labute approximate surface area is 150 Å². The van der Waals surface area contributed by atoms with Crippen molar-refractivity contribution in [3.63, 3.8) is 0 Å². The van der Waals surface area contributed by atoms with Crippen molar-refractivity contribution in [2.45, 2.75) is 26.8 Å². The van der Waals surface area contributed by atoms with Crippen LogP contribution in [0.1, 0.15) is 38.9 Å². The second-order valence-electron chi connectivity index (χ2n) is 5.58. The lowest BCUT2D eigenvalue weighted by molar-refractivity contribution is 0.0951. The molecular formula is C17H22N4O3S. The molecule has 1 heterocycles. The first-order valence-corrected chi connectivity index (χ1v) is 8.74. The molecule has 0 saturated heterocycles. The summed E-state index contributed by atoms with van der Waals surface area (Å²) in [4.78, 5) is 29.2. The molecule has 0 bridgehead atoms. The van der Waals surface area contributed by atoms with Crippen LogP contribution >= 0.6 is 11.3 Å². The van der Waals surface area contributed by atoms with Gasteiger partial charge in [0.15, 0.2) is 0 Å². The van der Waals surface area contributed by atoms with Gasteiger partial charge < -0.3 is 21.1 Å². The third-order valence-electron chi connectivity index (χ3n) is 3.53. The number of hydrogen-bond acceptors (Lipinski definition) is 5. The number of phenols is 1. The van der Waals surface area contributed by atoms with Crippen LogP contribution in [0.15, 0.2) is 24.3 Å².